The van der Waals surface area contributed by atoms with E-state index >= 15 is 0 Å². The first-order valence-electron chi connectivity index (χ1n) is 8.91. The number of allylic oxidation sites excluding steroid dienone is 2. The number of halogens is 2. The topological polar surface area (TPSA) is 0 Å². The highest BCUT2D eigenvalue weighted by molar-refractivity contribution is 5.67. The van der Waals surface area contributed by atoms with Crippen LogP contribution in [0.3, 0.4) is 0 Å². The third kappa shape index (κ3) is 3.75. The van der Waals surface area contributed by atoms with Crippen LogP contribution in [0.5, 0.6) is 0 Å². The van der Waals surface area contributed by atoms with Gasteiger partial charge < -0.3 is 0 Å². The number of unbranched alkanes of at least 4 members (excludes halogenated alkanes) is 1. The van der Waals surface area contributed by atoms with Crippen molar-refractivity contribution >= 4 is 5.57 Å². The van der Waals surface area contributed by atoms with E-state index < -0.39 is 11.6 Å². The highest BCUT2D eigenvalue weighted by Crippen LogP contribution is 2.37. The molecule has 2 aromatic rings. The fraction of sp³-hybridized carbons (Fsp3) is 0.364. The smallest absolute Gasteiger partial charge is 0.166 e. The molecule has 0 aromatic heterocycles. The summed E-state index contributed by atoms with van der Waals surface area (Å²) in [5.41, 5.74) is 4.10. The molecule has 24 heavy (non-hydrogen) atoms. The minimum Gasteiger partial charge on any atom is -0.204 e. The molecule has 0 radical (unpaired) electrons. The van der Waals surface area contributed by atoms with Gasteiger partial charge in [0.2, 0.25) is 0 Å². The number of rotatable bonds is 5. The van der Waals surface area contributed by atoms with E-state index in [1.165, 1.54) is 30.0 Å². The van der Waals surface area contributed by atoms with E-state index in [0.717, 1.165) is 31.3 Å². The first-order valence-corrected chi connectivity index (χ1v) is 8.91. The summed E-state index contributed by atoms with van der Waals surface area (Å²) in [6.45, 7) is 2.21. The Kier molecular flexibility index (Phi) is 5.44. The molecule has 2 heteroatoms. The van der Waals surface area contributed by atoms with Gasteiger partial charge in [-0.3, -0.25) is 0 Å². The lowest BCUT2D eigenvalue weighted by Gasteiger charge is -2.23. The molecular formula is C22H24F2. The van der Waals surface area contributed by atoms with Crippen molar-refractivity contribution in [2.24, 2.45) is 0 Å². The molecule has 0 fully saturated rings. The molecule has 126 valence electrons. The Morgan fingerprint density at radius 3 is 2.50 bits per heavy atom. The van der Waals surface area contributed by atoms with Crippen LogP contribution in [-0.2, 0) is 6.42 Å². The SMILES string of the molecule is CCCCc1ccc(C2CC=C(c3cccc(F)c3F)CC2)cc1. The molecule has 3 rings (SSSR count). The van der Waals surface area contributed by atoms with Gasteiger partial charge in [-0.1, -0.05) is 55.8 Å². The Hall–Kier alpha value is -1.96. The van der Waals surface area contributed by atoms with Crippen molar-refractivity contribution in [1.29, 1.82) is 0 Å². The Balaban J connectivity index is 1.69. The molecule has 1 aliphatic rings. The van der Waals surface area contributed by atoms with Crippen molar-refractivity contribution in [3.05, 3.63) is 76.9 Å². The van der Waals surface area contributed by atoms with Gasteiger partial charge in [0.25, 0.3) is 0 Å². The quantitative estimate of drug-likeness (QED) is 0.576. The molecule has 0 amide bonds. The maximum Gasteiger partial charge on any atom is 0.166 e. The first-order chi connectivity index (χ1) is 11.7. The van der Waals surface area contributed by atoms with Gasteiger partial charge in [-0.05, 0) is 60.8 Å². The molecule has 0 nitrogen and oxygen atoms in total. The summed E-state index contributed by atoms with van der Waals surface area (Å²) >= 11 is 0. The molecule has 0 aliphatic heterocycles. The molecule has 2 aromatic carbocycles. The van der Waals surface area contributed by atoms with Crippen molar-refractivity contribution in [2.45, 2.75) is 51.4 Å². The second kappa shape index (κ2) is 7.74. The number of hydrogen-bond acceptors (Lipinski definition) is 0. The maximum absolute atomic E-state index is 13.9. The molecule has 0 bridgehead atoms. The molecule has 1 unspecified atom stereocenters. The summed E-state index contributed by atoms with van der Waals surface area (Å²) in [4.78, 5) is 0. The highest BCUT2D eigenvalue weighted by atomic mass is 19.2. The van der Waals surface area contributed by atoms with Crippen LogP contribution in [0.4, 0.5) is 8.78 Å². The fourth-order valence-electron chi connectivity index (χ4n) is 3.47. The highest BCUT2D eigenvalue weighted by Gasteiger charge is 2.19. The monoisotopic (exact) mass is 326 g/mol. The number of aryl methyl sites for hydroxylation is 1. The molecular weight excluding hydrogens is 302 g/mol. The van der Waals surface area contributed by atoms with Crippen molar-refractivity contribution < 1.29 is 8.78 Å². The Bertz CT molecular complexity index is 713. The largest absolute Gasteiger partial charge is 0.204 e. The zero-order valence-electron chi connectivity index (χ0n) is 14.2. The van der Waals surface area contributed by atoms with E-state index in [4.69, 9.17) is 0 Å². The normalized spacial score (nSPS) is 17.6. The molecule has 0 spiro atoms. The summed E-state index contributed by atoms with van der Waals surface area (Å²) in [5, 5.41) is 0. The lowest BCUT2D eigenvalue weighted by molar-refractivity contribution is 0.505. The maximum atomic E-state index is 13.9. The summed E-state index contributed by atoms with van der Waals surface area (Å²) in [6, 6.07) is 13.4. The van der Waals surface area contributed by atoms with E-state index in [0.29, 0.717) is 11.5 Å². The Labute approximate surface area is 143 Å². The summed E-state index contributed by atoms with van der Waals surface area (Å²) in [7, 11) is 0. The second-order valence-corrected chi connectivity index (χ2v) is 6.65. The van der Waals surface area contributed by atoms with E-state index in [-0.39, 0.29) is 0 Å². The van der Waals surface area contributed by atoms with Gasteiger partial charge in [-0.15, -0.1) is 0 Å². The average Bonchev–Trinajstić information content (AvgIpc) is 2.63. The van der Waals surface area contributed by atoms with Crippen molar-refractivity contribution in [1.82, 2.24) is 0 Å². The minimum absolute atomic E-state index is 0.420. The van der Waals surface area contributed by atoms with Crippen LogP contribution in [0.2, 0.25) is 0 Å². The summed E-state index contributed by atoms with van der Waals surface area (Å²) in [5.74, 6) is -1.01. The van der Waals surface area contributed by atoms with Gasteiger partial charge in [-0.2, -0.15) is 0 Å². The number of benzene rings is 2. The van der Waals surface area contributed by atoms with Crippen molar-refractivity contribution in [2.75, 3.05) is 0 Å². The molecule has 0 saturated heterocycles. The van der Waals surface area contributed by atoms with Crippen LogP contribution in [0.25, 0.3) is 5.57 Å². The zero-order valence-corrected chi connectivity index (χ0v) is 14.2. The van der Waals surface area contributed by atoms with E-state index in [9.17, 15) is 8.78 Å². The second-order valence-electron chi connectivity index (χ2n) is 6.65. The lowest BCUT2D eigenvalue weighted by atomic mass is 9.82. The van der Waals surface area contributed by atoms with Crippen molar-refractivity contribution in [3.8, 4) is 0 Å². The van der Waals surface area contributed by atoms with Crippen LogP contribution < -0.4 is 0 Å². The molecule has 0 N–H and O–H groups in total. The lowest BCUT2D eigenvalue weighted by Crippen LogP contribution is -2.05. The minimum atomic E-state index is -0.766. The Morgan fingerprint density at radius 2 is 1.83 bits per heavy atom. The van der Waals surface area contributed by atoms with Gasteiger partial charge in [-0.25, -0.2) is 8.78 Å². The van der Waals surface area contributed by atoms with Crippen LogP contribution in [0, 0.1) is 11.6 Å². The Morgan fingerprint density at radius 1 is 1.04 bits per heavy atom. The van der Waals surface area contributed by atoms with Crippen LogP contribution in [0.1, 0.15) is 61.6 Å². The van der Waals surface area contributed by atoms with Gasteiger partial charge in [0.05, 0.1) is 0 Å². The molecule has 1 aliphatic carbocycles. The molecule has 0 saturated carbocycles. The van der Waals surface area contributed by atoms with Crippen LogP contribution >= 0.6 is 0 Å². The third-order valence-corrected chi connectivity index (χ3v) is 4.98. The fourth-order valence-corrected chi connectivity index (χ4v) is 3.47. The third-order valence-electron chi connectivity index (χ3n) is 4.98. The van der Waals surface area contributed by atoms with Crippen LogP contribution in [-0.4, -0.2) is 0 Å². The predicted octanol–water partition coefficient (Wildman–Crippen LogP) is 6.66. The van der Waals surface area contributed by atoms with Gasteiger partial charge in [0, 0.05) is 5.56 Å². The number of hydrogen-bond donors (Lipinski definition) is 0. The van der Waals surface area contributed by atoms with E-state index in [1.807, 2.05) is 0 Å². The van der Waals surface area contributed by atoms with E-state index in [2.05, 4.69) is 37.3 Å². The van der Waals surface area contributed by atoms with Crippen molar-refractivity contribution in [3.63, 3.8) is 0 Å². The summed E-state index contributed by atoms with van der Waals surface area (Å²) < 4.78 is 27.3. The zero-order chi connectivity index (χ0) is 16.9. The molecule has 1 atom stereocenters. The molecule has 0 heterocycles. The van der Waals surface area contributed by atoms with Gasteiger partial charge >= 0.3 is 0 Å². The van der Waals surface area contributed by atoms with Gasteiger partial charge in [0.1, 0.15) is 0 Å². The van der Waals surface area contributed by atoms with Crippen LogP contribution in [0.15, 0.2) is 48.5 Å². The predicted molar refractivity (Wildman–Crippen MR) is 96.0 cm³/mol. The summed E-state index contributed by atoms with van der Waals surface area (Å²) in [6.07, 6.45) is 8.34. The standard InChI is InChI=1S/C22H24F2/c1-2-3-5-16-8-10-17(11-9-16)18-12-14-19(15-13-18)20-6-4-7-21(23)22(20)24/h4,6-11,14,18H,2-3,5,12-13,15H2,1H3. The average molecular weight is 326 g/mol. The van der Waals surface area contributed by atoms with Gasteiger partial charge in [0.15, 0.2) is 11.6 Å². The van der Waals surface area contributed by atoms with E-state index in [1.54, 1.807) is 12.1 Å². The first kappa shape index (κ1) is 16.9.